The third kappa shape index (κ3) is 3.85. The molecule has 20 heavy (non-hydrogen) atoms. The van der Waals surface area contributed by atoms with Crippen LogP contribution in [0.2, 0.25) is 0 Å². The Labute approximate surface area is 120 Å². The van der Waals surface area contributed by atoms with Crippen molar-refractivity contribution in [3.63, 3.8) is 0 Å². The number of furan rings is 1. The lowest BCUT2D eigenvalue weighted by molar-refractivity contribution is 0.0657. The van der Waals surface area contributed by atoms with Crippen molar-refractivity contribution in [1.29, 1.82) is 0 Å². The van der Waals surface area contributed by atoms with Crippen LogP contribution in [0, 0.1) is 5.92 Å². The van der Waals surface area contributed by atoms with Gasteiger partial charge < -0.3 is 9.52 Å². The third-order valence-electron chi connectivity index (χ3n) is 4.15. The second kappa shape index (κ2) is 6.93. The van der Waals surface area contributed by atoms with Gasteiger partial charge in [-0.05, 0) is 37.8 Å². The highest BCUT2D eigenvalue weighted by molar-refractivity contribution is 5.86. The summed E-state index contributed by atoms with van der Waals surface area (Å²) in [5.41, 5.74) is 0.799. The molecular weight excluding hydrogens is 254 g/mol. The van der Waals surface area contributed by atoms with Crippen LogP contribution < -0.4 is 0 Å². The molecule has 1 aromatic rings. The van der Waals surface area contributed by atoms with E-state index in [9.17, 15) is 4.79 Å². The van der Waals surface area contributed by atoms with E-state index in [1.165, 1.54) is 31.9 Å². The van der Waals surface area contributed by atoms with Crippen LogP contribution in [0.4, 0.5) is 0 Å². The second-order valence-corrected chi connectivity index (χ2v) is 6.17. The molecule has 1 fully saturated rings. The molecule has 0 bridgehead atoms. The van der Waals surface area contributed by atoms with Crippen LogP contribution >= 0.6 is 0 Å². The van der Waals surface area contributed by atoms with E-state index in [1.807, 2.05) is 0 Å². The number of carbonyl (C=O) groups is 1. The Morgan fingerprint density at radius 3 is 2.75 bits per heavy atom. The minimum absolute atomic E-state index is 0.0949. The van der Waals surface area contributed by atoms with Crippen LogP contribution in [-0.4, -0.2) is 28.6 Å². The van der Waals surface area contributed by atoms with Crippen LogP contribution in [0.3, 0.4) is 0 Å². The normalized spacial score (nSPS) is 16.4. The first-order valence-electron chi connectivity index (χ1n) is 7.61. The molecule has 1 N–H and O–H groups in total. The van der Waals surface area contributed by atoms with Crippen LogP contribution in [0.15, 0.2) is 16.7 Å². The fraction of sp³-hybridized carbons (Fsp3) is 0.688. The van der Waals surface area contributed by atoms with Crippen molar-refractivity contribution >= 4 is 5.97 Å². The van der Waals surface area contributed by atoms with Crippen molar-refractivity contribution in [2.75, 3.05) is 6.54 Å². The van der Waals surface area contributed by atoms with Gasteiger partial charge in [-0.25, -0.2) is 4.79 Å². The number of carboxylic acids is 1. The van der Waals surface area contributed by atoms with Crippen LogP contribution in [0.25, 0.3) is 0 Å². The monoisotopic (exact) mass is 279 g/mol. The van der Waals surface area contributed by atoms with Gasteiger partial charge in [0.2, 0.25) is 5.76 Å². The smallest absolute Gasteiger partial charge is 0.372 e. The van der Waals surface area contributed by atoms with Crippen molar-refractivity contribution in [2.45, 2.75) is 58.5 Å². The van der Waals surface area contributed by atoms with Gasteiger partial charge in [-0.15, -0.1) is 0 Å². The standard InChI is InChI=1S/C16H25NO3/c1-12(2)7-9-17(14-5-3-4-6-14)11-13-8-10-20-15(13)16(18)19/h8,10,12,14H,3-7,9,11H2,1-2H3,(H,18,19). The Bertz CT molecular complexity index is 433. The Balaban J connectivity index is 2.05. The summed E-state index contributed by atoms with van der Waals surface area (Å²) in [6, 6.07) is 2.39. The Morgan fingerprint density at radius 2 is 2.15 bits per heavy atom. The number of hydrogen-bond acceptors (Lipinski definition) is 3. The lowest BCUT2D eigenvalue weighted by Gasteiger charge is -2.29. The number of aromatic carboxylic acids is 1. The van der Waals surface area contributed by atoms with Crippen molar-refractivity contribution in [3.8, 4) is 0 Å². The van der Waals surface area contributed by atoms with Gasteiger partial charge >= 0.3 is 5.97 Å². The molecule has 0 aromatic carbocycles. The maximum atomic E-state index is 11.1. The summed E-state index contributed by atoms with van der Waals surface area (Å²) in [5, 5.41) is 9.14. The van der Waals surface area contributed by atoms with Gasteiger partial charge in [0.15, 0.2) is 0 Å². The Kier molecular flexibility index (Phi) is 5.24. The van der Waals surface area contributed by atoms with E-state index >= 15 is 0 Å². The lowest BCUT2D eigenvalue weighted by Crippen LogP contribution is -2.34. The molecule has 0 radical (unpaired) electrons. The zero-order valence-electron chi connectivity index (χ0n) is 12.5. The summed E-state index contributed by atoms with van der Waals surface area (Å²) in [6.45, 7) is 6.18. The average molecular weight is 279 g/mol. The van der Waals surface area contributed by atoms with E-state index in [0.29, 0.717) is 18.5 Å². The van der Waals surface area contributed by atoms with E-state index in [4.69, 9.17) is 9.52 Å². The fourth-order valence-corrected chi connectivity index (χ4v) is 2.95. The Morgan fingerprint density at radius 1 is 1.45 bits per heavy atom. The van der Waals surface area contributed by atoms with Gasteiger partial charge in [0.1, 0.15) is 0 Å². The zero-order chi connectivity index (χ0) is 14.5. The molecule has 0 aliphatic heterocycles. The van der Waals surface area contributed by atoms with Crippen molar-refractivity contribution < 1.29 is 14.3 Å². The number of hydrogen-bond donors (Lipinski definition) is 1. The molecule has 1 aliphatic carbocycles. The first kappa shape index (κ1) is 15.1. The lowest BCUT2D eigenvalue weighted by atomic mass is 10.1. The van der Waals surface area contributed by atoms with Gasteiger partial charge in [0.05, 0.1) is 6.26 Å². The Hall–Kier alpha value is -1.29. The predicted molar refractivity (Wildman–Crippen MR) is 77.8 cm³/mol. The van der Waals surface area contributed by atoms with E-state index in [2.05, 4.69) is 18.7 Å². The van der Waals surface area contributed by atoms with Gasteiger partial charge in [-0.1, -0.05) is 26.7 Å². The number of nitrogens with zero attached hydrogens (tertiary/aromatic N) is 1. The molecule has 2 rings (SSSR count). The highest BCUT2D eigenvalue weighted by Crippen LogP contribution is 2.26. The highest BCUT2D eigenvalue weighted by Gasteiger charge is 2.25. The molecule has 1 heterocycles. The number of rotatable bonds is 7. The summed E-state index contributed by atoms with van der Waals surface area (Å²) < 4.78 is 5.09. The molecule has 4 heteroatoms. The van der Waals surface area contributed by atoms with E-state index < -0.39 is 5.97 Å². The fourth-order valence-electron chi connectivity index (χ4n) is 2.95. The molecule has 0 amide bonds. The first-order valence-corrected chi connectivity index (χ1v) is 7.61. The van der Waals surface area contributed by atoms with Crippen LogP contribution in [0.1, 0.15) is 62.1 Å². The first-order chi connectivity index (χ1) is 9.58. The van der Waals surface area contributed by atoms with Gasteiger partial charge in [0, 0.05) is 18.2 Å². The van der Waals surface area contributed by atoms with E-state index in [1.54, 1.807) is 6.07 Å². The van der Waals surface area contributed by atoms with Crippen molar-refractivity contribution in [1.82, 2.24) is 4.90 Å². The topological polar surface area (TPSA) is 53.7 Å². The quantitative estimate of drug-likeness (QED) is 0.825. The second-order valence-electron chi connectivity index (χ2n) is 6.17. The maximum Gasteiger partial charge on any atom is 0.372 e. The number of carboxylic acid groups (broad SMARTS) is 1. The minimum Gasteiger partial charge on any atom is -0.475 e. The SMILES string of the molecule is CC(C)CCN(Cc1ccoc1C(=O)O)C1CCCC1. The molecule has 0 atom stereocenters. The maximum absolute atomic E-state index is 11.1. The van der Waals surface area contributed by atoms with Crippen molar-refractivity contribution in [2.24, 2.45) is 5.92 Å². The van der Waals surface area contributed by atoms with E-state index in [0.717, 1.165) is 18.5 Å². The molecule has 1 saturated carbocycles. The molecule has 1 aromatic heterocycles. The molecular formula is C16H25NO3. The van der Waals surface area contributed by atoms with Gasteiger partial charge in [-0.2, -0.15) is 0 Å². The summed E-state index contributed by atoms with van der Waals surface area (Å²) in [6.07, 6.45) is 7.68. The van der Waals surface area contributed by atoms with Crippen LogP contribution in [-0.2, 0) is 6.54 Å². The molecule has 0 spiro atoms. The minimum atomic E-state index is -0.972. The zero-order valence-corrected chi connectivity index (χ0v) is 12.5. The summed E-state index contributed by atoms with van der Waals surface area (Å²) >= 11 is 0. The highest BCUT2D eigenvalue weighted by atomic mass is 16.4. The average Bonchev–Trinajstić information content (AvgIpc) is 3.04. The predicted octanol–water partition coefficient (Wildman–Crippen LogP) is 3.77. The summed E-state index contributed by atoms with van der Waals surface area (Å²) in [7, 11) is 0. The summed E-state index contributed by atoms with van der Waals surface area (Å²) in [4.78, 5) is 13.6. The molecule has 0 saturated heterocycles. The van der Waals surface area contributed by atoms with Gasteiger partial charge in [0.25, 0.3) is 0 Å². The largest absolute Gasteiger partial charge is 0.475 e. The summed E-state index contributed by atoms with van der Waals surface area (Å²) in [5.74, 6) is -0.208. The third-order valence-corrected chi connectivity index (χ3v) is 4.15. The van der Waals surface area contributed by atoms with Crippen LogP contribution in [0.5, 0.6) is 0 Å². The van der Waals surface area contributed by atoms with Crippen molar-refractivity contribution in [3.05, 3.63) is 23.7 Å². The molecule has 4 nitrogen and oxygen atoms in total. The molecule has 0 unspecified atom stereocenters. The molecule has 1 aliphatic rings. The van der Waals surface area contributed by atoms with Gasteiger partial charge in [-0.3, -0.25) is 4.90 Å². The molecule has 112 valence electrons. The van der Waals surface area contributed by atoms with E-state index in [-0.39, 0.29) is 5.76 Å².